The average Bonchev–Trinajstić information content (AvgIpc) is 2.88. The van der Waals surface area contributed by atoms with Crippen molar-refractivity contribution in [2.75, 3.05) is 19.8 Å². The number of aromatic amines is 1. The van der Waals surface area contributed by atoms with E-state index in [0.29, 0.717) is 36.6 Å². The first-order valence-electron chi connectivity index (χ1n) is 8.15. The van der Waals surface area contributed by atoms with Gasteiger partial charge in [0.25, 0.3) is 5.56 Å². The van der Waals surface area contributed by atoms with E-state index in [1.807, 2.05) is 24.3 Å². The van der Waals surface area contributed by atoms with Crippen LogP contribution in [0.3, 0.4) is 0 Å². The molecule has 0 aliphatic carbocycles. The van der Waals surface area contributed by atoms with Crippen molar-refractivity contribution in [1.29, 1.82) is 0 Å². The molecule has 3 heterocycles. The number of hydrogen-bond donors (Lipinski definition) is 2. The van der Waals surface area contributed by atoms with Gasteiger partial charge in [0.1, 0.15) is 23.6 Å². The summed E-state index contributed by atoms with van der Waals surface area (Å²) in [4.78, 5) is 21.6. The topological polar surface area (TPSA) is 96.3 Å². The Balaban J connectivity index is 1.70. The van der Waals surface area contributed by atoms with E-state index in [9.17, 15) is 9.90 Å². The molecule has 1 atom stereocenters. The summed E-state index contributed by atoms with van der Waals surface area (Å²) < 4.78 is 7.37. The van der Waals surface area contributed by atoms with Crippen molar-refractivity contribution >= 4 is 11.0 Å². The molecule has 0 fully saturated rings. The van der Waals surface area contributed by atoms with Gasteiger partial charge in [0, 0.05) is 19.2 Å². The number of nitrogens with zero attached hydrogens (tertiary/aromatic N) is 4. The molecule has 1 aliphatic heterocycles. The van der Waals surface area contributed by atoms with Crippen molar-refractivity contribution in [3.63, 3.8) is 0 Å². The first-order valence-corrected chi connectivity index (χ1v) is 8.15. The lowest BCUT2D eigenvalue weighted by Crippen LogP contribution is -2.33. The smallest absolute Gasteiger partial charge is 0.262 e. The van der Waals surface area contributed by atoms with Gasteiger partial charge < -0.3 is 14.8 Å². The summed E-state index contributed by atoms with van der Waals surface area (Å²) in [5, 5.41) is 14.5. The summed E-state index contributed by atoms with van der Waals surface area (Å²) in [5.41, 5.74) is 1.28. The minimum atomic E-state index is -0.216. The maximum atomic E-state index is 12.2. The van der Waals surface area contributed by atoms with Crippen LogP contribution in [0.15, 0.2) is 35.3 Å². The highest BCUT2D eigenvalue weighted by Crippen LogP contribution is 2.32. The molecule has 0 radical (unpaired) electrons. The molecule has 1 aliphatic rings. The van der Waals surface area contributed by atoms with Gasteiger partial charge in [-0.05, 0) is 6.07 Å². The quantitative estimate of drug-likeness (QED) is 0.724. The van der Waals surface area contributed by atoms with Gasteiger partial charge in [0.2, 0.25) is 0 Å². The third-order valence-electron chi connectivity index (χ3n) is 4.53. The molecule has 0 saturated carbocycles. The lowest BCUT2D eigenvalue weighted by Gasteiger charge is -2.27. The molecule has 0 bridgehead atoms. The number of rotatable bonds is 3. The first-order chi connectivity index (χ1) is 12.2. The monoisotopic (exact) mass is 341 g/mol. The van der Waals surface area contributed by atoms with Crippen molar-refractivity contribution in [1.82, 2.24) is 24.6 Å². The second-order valence-corrected chi connectivity index (χ2v) is 6.07. The number of ether oxygens (including phenoxy) is 1. The maximum absolute atomic E-state index is 12.2. The minimum absolute atomic E-state index is 0.0431. The molecule has 3 aromatic rings. The summed E-state index contributed by atoms with van der Waals surface area (Å²) in [5.74, 6) is 1.33. The van der Waals surface area contributed by atoms with Gasteiger partial charge in [-0.2, -0.15) is 5.10 Å². The van der Waals surface area contributed by atoms with E-state index in [4.69, 9.17) is 4.74 Å². The number of fused-ring (bicyclic) bond motifs is 2. The summed E-state index contributed by atoms with van der Waals surface area (Å²) in [7, 11) is 1.76. The zero-order valence-electron chi connectivity index (χ0n) is 13.8. The van der Waals surface area contributed by atoms with Crippen molar-refractivity contribution in [2.45, 2.75) is 12.6 Å². The summed E-state index contributed by atoms with van der Waals surface area (Å²) in [6.07, 6.45) is 1.51. The number of aromatic nitrogens is 4. The Bertz CT molecular complexity index is 964. The van der Waals surface area contributed by atoms with E-state index in [0.717, 1.165) is 11.3 Å². The zero-order valence-corrected chi connectivity index (χ0v) is 13.8. The van der Waals surface area contributed by atoms with E-state index in [1.54, 1.807) is 11.7 Å². The molecular formula is C17H19N5O3. The Morgan fingerprint density at radius 3 is 3.08 bits per heavy atom. The fourth-order valence-electron chi connectivity index (χ4n) is 3.26. The molecule has 8 nitrogen and oxygen atoms in total. The number of aliphatic hydroxyl groups excluding tert-OH is 1. The highest BCUT2D eigenvalue weighted by atomic mass is 16.5. The van der Waals surface area contributed by atoms with Gasteiger partial charge in [-0.1, -0.05) is 18.2 Å². The summed E-state index contributed by atoms with van der Waals surface area (Å²) in [6, 6.07) is 7.48. The molecule has 130 valence electrons. The van der Waals surface area contributed by atoms with Gasteiger partial charge in [-0.15, -0.1) is 0 Å². The second kappa shape index (κ2) is 6.30. The Kier molecular flexibility index (Phi) is 3.98. The van der Waals surface area contributed by atoms with Crippen LogP contribution in [0, 0.1) is 0 Å². The van der Waals surface area contributed by atoms with Crippen LogP contribution in [0.4, 0.5) is 0 Å². The molecule has 1 unspecified atom stereocenters. The van der Waals surface area contributed by atoms with E-state index in [-0.39, 0.29) is 18.2 Å². The van der Waals surface area contributed by atoms with Gasteiger partial charge in [-0.25, -0.2) is 4.98 Å². The Morgan fingerprint density at radius 1 is 1.40 bits per heavy atom. The molecule has 2 N–H and O–H groups in total. The third-order valence-corrected chi connectivity index (χ3v) is 4.53. The van der Waals surface area contributed by atoms with Crippen LogP contribution in [-0.4, -0.2) is 49.5 Å². The van der Waals surface area contributed by atoms with Crippen LogP contribution in [0.25, 0.3) is 11.0 Å². The van der Waals surface area contributed by atoms with Crippen molar-refractivity contribution < 1.29 is 9.84 Å². The van der Waals surface area contributed by atoms with Gasteiger partial charge in [-0.3, -0.25) is 14.4 Å². The number of benzene rings is 1. The largest absolute Gasteiger partial charge is 0.492 e. The van der Waals surface area contributed by atoms with E-state index < -0.39 is 0 Å². The molecule has 0 saturated heterocycles. The molecule has 4 rings (SSSR count). The fraction of sp³-hybridized carbons (Fsp3) is 0.353. The lowest BCUT2D eigenvalue weighted by molar-refractivity contribution is 0.112. The number of para-hydroxylation sites is 1. The zero-order chi connectivity index (χ0) is 17.4. The maximum Gasteiger partial charge on any atom is 0.262 e. The van der Waals surface area contributed by atoms with Crippen molar-refractivity contribution in [3.8, 4) is 5.75 Å². The van der Waals surface area contributed by atoms with Gasteiger partial charge >= 0.3 is 0 Å². The number of aryl methyl sites for hydroxylation is 1. The predicted octanol–water partition coefficient (Wildman–Crippen LogP) is 0.585. The van der Waals surface area contributed by atoms with Crippen LogP contribution in [-0.2, 0) is 13.6 Å². The third kappa shape index (κ3) is 2.79. The molecule has 1 aromatic carbocycles. The van der Waals surface area contributed by atoms with Crippen LogP contribution in [0.2, 0.25) is 0 Å². The summed E-state index contributed by atoms with van der Waals surface area (Å²) in [6.45, 7) is 1.48. The van der Waals surface area contributed by atoms with Crippen molar-refractivity contribution in [2.24, 2.45) is 7.05 Å². The number of nitrogens with one attached hydrogen (secondary N) is 1. The predicted molar refractivity (Wildman–Crippen MR) is 91.3 cm³/mol. The number of H-pyrrole nitrogens is 1. The second-order valence-electron chi connectivity index (χ2n) is 6.07. The highest BCUT2D eigenvalue weighted by Gasteiger charge is 2.26. The van der Waals surface area contributed by atoms with Crippen molar-refractivity contribution in [3.05, 3.63) is 52.2 Å². The van der Waals surface area contributed by atoms with Crippen LogP contribution in [0.5, 0.6) is 5.75 Å². The average molecular weight is 341 g/mol. The minimum Gasteiger partial charge on any atom is -0.492 e. The SMILES string of the molecule is Cn1ncc2c(=O)[nH]c(CN3CCOc4ccccc4C3CO)nc21. The summed E-state index contributed by atoms with van der Waals surface area (Å²) >= 11 is 0. The fourth-order valence-corrected chi connectivity index (χ4v) is 3.26. The molecule has 0 amide bonds. The normalized spacial score (nSPS) is 17.9. The van der Waals surface area contributed by atoms with E-state index >= 15 is 0 Å². The molecule has 0 spiro atoms. The Morgan fingerprint density at radius 2 is 2.24 bits per heavy atom. The van der Waals surface area contributed by atoms with Gasteiger partial charge in [0.05, 0.1) is 25.4 Å². The highest BCUT2D eigenvalue weighted by molar-refractivity contribution is 5.72. The molecule has 8 heteroatoms. The first kappa shape index (κ1) is 15.8. The standard InChI is InChI=1S/C17H19N5O3/c1-21-16-12(8-18-21)17(24)20-15(19-16)9-22-6-7-25-14-5-3-2-4-11(14)13(22)10-23/h2-5,8,13,23H,6-7,9-10H2,1H3,(H,19,20,24). The van der Waals surface area contributed by atoms with Crippen LogP contribution >= 0.6 is 0 Å². The van der Waals surface area contributed by atoms with Crippen LogP contribution in [0.1, 0.15) is 17.4 Å². The molecular weight excluding hydrogens is 322 g/mol. The molecule has 25 heavy (non-hydrogen) atoms. The van der Waals surface area contributed by atoms with Gasteiger partial charge in [0.15, 0.2) is 5.65 Å². The Hall–Kier alpha value is -2.71. The Labute approximate surface area is 143 Å². The van der Waals surface area contributed by atoms with Crippen LogP contribution < -0.4 is 10.3 Å². The number of aliphatic hydroxyl groups is 1. The molecule has 2 aromatic heterocycles. The van der Waals surface area contributed by atoms with E-state index in [1.165, 1.54) is 6.20 Å². The number of hydrogen-bond acceptors (Lipinski definition) is 6. The van der Waals surface area contributed by atoms with E-state index in [2.05, 4.69) is 20.0 Å². The lowest BCUT2D eigenvalue weighted by atomic mass is 10.1.